The number of carbonyl (C=O) groups is 2. The van der Waals surface area contributed by atoms with Crippen LogP contribution in [0.1, 0.15) is 11.1 Å². The first kappa shape index (κ1) is 28.4. The van der Waals surface area contributed by atoms with E-state index in [1.54, 1.807) is 48.5 Å². The zero-order chi connectivity index (χ0) is 29.8. The van der Waals surface area contributed by atoms with Gasteiger partial charge in [0, 0.05) is 11.4 Å². The molecule has 0 saturated heterocycles. The van der Waals surface area contributed by atoms with Gasteiger partial charge in [-0.15, -0.1) is 0 Å². The molecule has 216 valence electrons. The van der Waals surface area contributed by atoms with Crippen molar-refractivity contribution in [3.05, 3.63) is 96.1 Å². The average Bonchev–Trinajstić information content (AvgIpc) is 3.60. The van der Waals surface area contributed by atoms with Gasteiger partial charge in [0.25, 0.3) is 0 Å². The summed E-state index contributed by atoms with van der Waals surface area (Å²) < 4.78 is 5.92. The van der Waals surface area contributed by atoms with Crippen LogP contribution in [0.3, 0.4) is 0 Å². The average molecular weight is 609 g/mol. The number of fused-ring (bicyclic) bond motifs is 2. The van der Waals surface area contributed by atoms with E-state index < -0.39 is 0 Å². The van der Waals surface area contributed by atoms with Gasteiger partial charge in [-0.1, -0.05) is 35.7 Å². The highest BCUT2D eigenvalue weighted by Gasteiger charge is 2.10. The molecule has 6 aromatic rings. The number of nitrogens with one attached hydrogen (secondary N) is 4. The molecular formula is C32H28N6O3S2. The molecule has 2 heterocycles. The number of hydrogen-bond acceptors (Lipinski definition) is 7. The molecule has 0 saturated carbocycles. The van der Waals surface area contributed by atoms with Gasteiger partial charge in [0.05, 0.1) is 33.6 Å². The third-order valence-electron chi connectivity index (χ3n) is 6.42. The second kappa shape index (κ2) is 12.6. The van der Waals surface area contributed by atoms with Crippen molar-refractivity contribution in [3.8, 4) is 11.5 Å². The number of aromatic amines is 2. The van der Waals surface area contributed by atoms with Gasteiger partial charge in [0.15, 0.2) is 10.3 Å². The van der Waals surface area contributed by atoms with E-state index in [4.69, 9.17) is 4.74 Å². The Morgan fingerprint density at radius 3 is 1.49 bits per heavy atom. The summed E-state index contributed by atoms with van der Waals surface area (Å²) in [4.78, 5) is 40.4. The summed E-state index contributed by atoms with van der Waals surface area (Å²) in [6, 6.07) is 26.3. The van der Waals surface area contributed by atoms with E-state index in [1.807, 2.05) is 50.2 Å². The lowest BCUT2D eigenvalue weighted by molar-refractivity contribution is -0.114. The molecule has 11 heteroatoms. The zero-order valence-corrected chi connectivity index (χ0v) is 25.1. The maximum atomic E-state index is 12.5. The van der Waals surface area contributed by atoms with Crippen molar-refractivity contribution in [1.29, 1.82) is 0 Å². The number of anilines is 2. The van der Waals surface area contributed by atoms with Crippen molar-refractivity contribution < 1.29 is 14.3 Å². The highest BCUT2D eigenvalue weighted by molar-refractivity contribution is 8.00. The number of ether oxygens (including phenoxy) is 1. The SMILES string of the molecule is Cc1ccc2nc(SCC(=O)Nc3ccc(Oc4ccc(NC(=O)CSc5nc6ccc(C)cc6[nH]5)cc4)cc3)[nH]c2c1. The van der Waals surface area contributed by atoms with Crippen LogP contribution in [0, 0.1) is 13.8 Å². The topological polar surface area (TPSA) is 125 Å². The summed E-state index contributed by atoms with van der Waals surface area (Å²) in [5, 5.41) is 7.21. The number of H-pyrrole nitrogens is 2. The lowest BCUT2D eigenvalue weighted by Crippen LogP contribution is -2.14. The van der Waals surface area contributed by atoms with E-state index in [0.29, 0.717) is 33.2 Å². The van der Waals surface area contributed by atoms with Gasteiger partial charge in [-0.3, -0.25) is 9.59 Å². The second-order valence-electron chi connectivity index (χ2n) is 9.95. The third-order valence-corrected chi connectivity index (χ3v) is 8.17. The van der Waals surface area contributed by atoms with Crippen molar-refractivity contribution in [2.45, 2.75) is 24.2 Å². The molecular weight excluding hydrogens is 581 g/mol. The van der Waals surface area contributed by atoms with Crippen LogP contribution in [-0.4, -0.2) is 43.3 Å². The molecule has 0 aliphatic heterocycles. The Morgan fingerprint density at radius 2 is 1.07 bits per heavy atom. The number of benzene rings is 4. The van der Waals surface area contributed by atoms with Gasteiger partial charge in [-0.05, 0) is 97.8 Å². The minimum atomic E-state index is -0.126. The number of rotatable bonds is 10. The number of aromatic nitrogens is 4. The van der Waals surface area contributed by atoms with Gasteiger partial charge in [0.2, 0.25) is 11.8 Å². The molecule has 2 amide bonds. The normalized spacial score (nSPS) is 11.1. The Labute approximate surface area is 256 Å². The van der Waals surface area contributed by atoms with Gasteiger partial charge in [-0.25, -0.2) is 9.97 Å². The molecule has 0 spiro atoms. The lowest BCUT2D eigenvalue weighted by atomic mass is 10.2. The highest BCUT2D eigenvalue weighted by atomic mass is 32.2. The largest absolute Gasteiger partial charge is 0.457 e. The lowest BCUT2D eigenvalue weighted by Gasteiger charge is -2.09. The maximum absolute atomic E-state index is 12.5. The highest BCUT2D eigenvalue weighted by Crippen LogP contribution is 2.26. The van der Waals surface area contributed by atoms with E-state index in [9.17, 15) is 9.59 Å². The standard InChI is InChI=1S/C32H28N6O3S2/c1-19-3-13-25-27(15-19)37-31(35-25)42-17-29(39)33-21-5-9-23(10-6-21)41-24-11-7-22(8-12-24)34-30(40)18-43-32-36-26-14-4-20(2)16-28(26)38-32/h3-16H,17-18H2,1-2H3,(H,33,39)(H,34,40)(H,35,37)(H,36,38). The van der Waals surface area contributed by atoms with E-state index in [1.165, 1.54) is 23.5 Å². The van der Waals surface area contributed by atoms with Crippen molar-refractivity contribution in [2.75, 3.05) is 22.1 Å². The Hall–Kier alpha value is -4.74. The number of amides is 2. The molecule has 2 aromatic heterocycles. The first-order chi connectivity index (χ1) is 20.9. The van der Waals surface area contributed by atoms with Gasteiger partial charge >= 0.3 is 0 Å². The van der Waals surface area contributed by atoms with Crippen molar-refractivity contribution in [3.63, 3.8) is 0 Å². The number of carbonyl (C=O) groups excluding carboxylic acids is 2. The quantitative estimate of drug-likeness (QED) is 0.120. The predicted molar refractivity (Wildman–Crippen MR) is 173 cm³/mol. The number of imidazole rings is 2. The van der Waals surface area contributed by atoms with Crippen LogP contribution >= 0.6 is 23.5 Å². The maximum Gasteiger partial charge on any atom is 0.234 e. The van der Waals surface area contributed by atoms with Crippen molar-refractivity contribution in [1.82, 2.24) is 19.9 Å². The van der Waals surface area contributed by atoms with E-state index in [-0.39, 0.29) is 23.3 Å². The molecule has 0 aliphatic carbocycles. The fourth-order valence-electron chi connectivity index (χ4n) is 4.35. The van der Waals surface area contributed by atoms with Crippen LogP contribution < -0.4 is 15.4 Å². The fourth-order valence-corrected chi connectivity index (χ4v) is 5.72. The van der Waals surface area contributed by atoms with Crippen LogP contribution in [0.15, 0.2) is 95.2 Å². The monoisotopic (exact) mass is 608 g/mol. The zero-order valence-electron chi connectivity index (χ0n) is 23.4. The molecule has 4 aromatic carbocycles. The third kappa shape index (κ3) is 7.37. The molecule has 9 nitrogen and oxygen atoms in total. The molecule has 0 bridgehead atoms. The Balaban J connectivity index is 0.948. The van der Waals surface area contributed by atoms with Gasteiger partial charge in [0.1, 0.15) is 11.5 Å². The fraction of sp³-hybridized carbons (Fsp3) is 0.125. The second-order valence-corrected chi connectivity index (χ2v) is 11.9. The summed E-state index contributed by atoms with van der Waals surface area (Å²) in [6.07, 6.45) is 0. The Bertz CT molecular complexity index is 1780. The first-order valence-corrected chi connectivity index (χ1v) is 15.5. The first-order valence-electron chi connectivity index (χ1n) is 13.5. The number of nitrogens with zero attached hydrogens (tertiary/aromatic N) is 2. The van der Waals surface area contributed by atoms with Gasteiger partial charge < -0.3 is 25.3 Å². The summed E-state index contributed by atoms with van der Waals surface area (Å²) >= 11 is 2.71. The molecule has 0 aliphatic rings. The van der Waals surface area contributed by atoms with Crippen LogP contribution in [0.5, 0.6) is 11.5 Å². The summed E-state index contributed by atoms with van der Waals surface area (Å²) in [5.74, 6) is 1.47. The Morgan fingerprint density at radius 1 is 0.651 bits per heavy atom. The van der Waals surface area contributed by atoms with Crippen molar-refractivity contribution in [2.24, 2.45) is 0 Å². The molecule has 43 heavy (non-hydrogen) atoms. The minimum absolute atomic E-state index is 0.126. The predicted octanol–water partition coefficient (Wildman–Crippen LogP) is 7.31. The Kier molecular flexibility index (Phi) is 8.34. The molecule has 4 N–H and O–H groups in total. The number of aryl methyl sites for hydroxylation is 2. The van der Waals surface area contributed by atoms with Crippen molar-refractivity contribution >= 4 is 68.8 Å². The van der Waals surface area contributed by atoms with E-state index >= 15 is 0 Å². The van der Waals surface area contributed by atoms with Crippen LogP contribution in [0.4, 0.5) is 11.4 Å². The van der Waals surface area contributed by atoms with Gasteiger partial charge in [-0.2, -0.15) is 0 Å². The minimum Gasteiger partial charge on any atom is -0.457 e. The molecule has 0 unspecified atom stereocenters. The summed E-state index contributed by atoms with van der Waals surface area (Å²) in [6.45, 7) is 4.06. The van der Waals surface area contributed by atoms with E-state index in [0.717, 1.165) is 33.2 Å². The van der Waals surface area contributed by atoms with Crippen LogP contribution in [-0.2, 0) is 9.59 Å². The summed E-state index contributed by atoms with van der Waals surface area (Å²) in [7, 11) is 0. The molecule has 0 atom stereocenters. The van der Waals surface area contributed by atoms with Crippen LogP contribution in [0.2, 0.25) is 0 Å². The number of hydrogen-bond donors (Lipinski definition) is 4. The van der Waals surface area contributed by atoms with E-state index in [2.05, 4.69) is 30.6 Å². The molecule has 0 fully saturated rings. The smallest absolute Gasteiger partial charge is 0.234 e. The molecule has 6 rings (SSSR count). The van der Waals surface area contributed by atoms with Crippen LogP contribution in [0.25, 0.3) is 22.1 Å². The summed E-state index contributed by atoms with van der Waals surface area (Å²) in [5.41, 5.74) is 7.34. The number of thioether (sulfide) groups is 2. The molecule has 0 radical (unpaired) electrons.